The zero-order chi connectivity index (χ0) is 15.1. The van der Waals surface area contributed by atoms with Crippen LogP contribution in [0.15, 0.2) is 30.5 Å². The molecule has 0 saturated carbocycles. The summed E-state index contributed by atoms with van der Waals surface area (Å²) in [4.78, 5) is 15.2. The number of pyridine rings is 1. The molecule has 2 aromatic rings. The topological polar surface area (TPSA) is 82.4 Å². The molecule has 0 aromatic carbocycles. The van der Waals surface area contributed by atoms with Crippen molar-refractivity contribution in [3.63, 3.8) is 0 Å². The molecule has 0 aliphatic heterocycles. The van der Waals surface area contributed by atoms with Gasteiger partial charge in [-0.25, -0.2) is 9.97 Å². The standard InChI is InChI=1S/C15H20N4O2/c1-12-11-14(19(8-10-21)7-4-9-20)18-15(17-12)13-5-2-3-6-16-13/h2-3,5-6,11,20-21H,4,7-10H2,1H3. The van der Waals surface area contributed by atoms with E-state index in [1.807, 2.05) is 36.1 Å². The summed E-state index contributed by atoms with van der Waals surface area (Å²) in [7, 11) is 0. The Balaban J connectivity index is 2.32. The minimum absolute atomic E-state index is 0.0351. The Morgan fingerprint density at radius 3 is 2.62 bits per heavy atom. The van der Waals surface area contributed by atoms with Gasteiger partial charge >= 0.3 is 0 Å². The number of hydrogen-bond acceptors (Lipinski definition) is 6. The van der Waals surface area contributed by atoms with Gasteiger partial charge in [0.25, 0.3) is 0 Å². The molecule has 0 atom stereocenters. The molecular weight excluding hydrogens is 268 g/mol. The van der Waals surface area contributed by atoms with E-state index in [-0.39, 0.29) is 13.2 Å². The first kappa shape index (κ1) is 15.3. The summed E-state index contributed by atoms with van der Waals surface area (Å²) in [5.74, 6) is 1.31. The van der Waals surface area contributed by atoms with Gasteiger partial charge in [-0.15, -0.1) is 0 Å². The van der Waals surface area contributed by atoms with Gasteiger partial charge in [0.2, 0.25) is 0 Å². The van der Waals surface area contributed by atoms with Crippen LogP contribution in [0.2, 0.25) is 0 Å². The average molecular weight is 288 g/mol. The molecule has 2 N–H and O–H groups in total. The molecule has 2 heterocycles. The number of aryl methyl sites for hydroxylation is 1. The molecule has 6 nitrogen and oxygen atoms in total. The van der Waals surface area contributed by atoms with Crippen molar-refractivity contribution in [2.24, 2.45) is 0 Å². The predicted octanol–water partition coefficient (Wildman–Crippen LogP) is 1.03. The van der Waals surface area contributed by atoms with E-state index in [0.717, 1.165) is 11.5 Å². The Morgan fingerprint density at radius 1 is 1.10 bits per heavy atom. The molecule has 21 heavy (non-hydrogen) atoms. The largest absolute Gasteiger partial charge is 0.396 e. The lowest BCUT2D eigenvalue weighted by molar-refractivity contribution is 0.281. The van der Waals surface area contributed by atoms with Gasteiger partial charge in [-0.1, -0.05) is 6.07 Å². The monoisotopic (exact) mass is 288 g/mol. The maximum Gasteiger partial charge on any atom is 0.180 e. The van der Waals surface area contributed by atoms with Crippen molar-refractivity contribution >= 4 is 5.82 Å². The van der Waals surface area contributed by atoms with E-state index >= 15 is 0 Å². The highest BCUT2D eigenvalue weighted by Gasteiger charge is 2.11. The fraction of sp³-hybridized carbons (Fsp3) is 0.400. The van der Waals surface area contributed by atoms with Crippen LogP contribution >= 0.6 is 0 Å². The van der Waals surface area contributed by atoms with Crippen molar-refractivity contribution in [3.05, 3.63) is 36.2 Å². The minimum Gasteiger partial charge on any atom is -0.396 e. The molecule has 112 valence electrons. The van der Waals surface area contributed by atoms with Crippen molar-refractivity contribution in [3.8, 4) is 11.5 Å². The molecular formula is C15H20N4O2. The summed E-state index contributed by atoms with van der Waals surface area (Å²) in [6.07, 6.45) is 2.33. The number of rotatable bonds is 7. The molecule has 0 bridgehead atoms. The highest BCUT2D eigenvalue weighted by molar-refractivity contribution is 5.53. The van der Waals surface area contributed by atoms with Crippen molar-refractivity contribution in [2.45, 2.75) is 13.3 Å². The van der Waals surface area contributed by atoms with E-state index in [4.69, 9.17) is 5.11 Å². The van der Waals surface area contributed by atoms with Crippen molar-refractivity contribution in [1.82, 2.24) is 15.0 Å². The van der Waals surface area contributed by atoms with Crippen LogP contribution in [-0.2, 0) is 0 Å². The maximum atomic E-state index is 9.19. The smallest absolute Gasteiger partial charge is 0.180 e. The molecule has 2 aromatic heterocycles. The number of nitrogens with zero attached hydrogens (tertiary/aromatic N) is 4. The molecule has 2 rings (SSSR count). The van der Waals surface area contributed by atoms with E-state index in [1.165, 1.54) is 0 Å². The second kappa shape index (κ2) is 7.66. The van der Waals surface area contributed by atoms with Crippen molar-refractivity contribution in [1.29, 1.82) is 0 Å². The molecule has 0 amide bonds. The molecule has 0 aliphatic carbocycles. The molecule has 6 heteroatoms. The number of hydrogen-bond donors (Lipinski definition) is 2. The van der Waals surface area contributed by atoms with E-state index in [9.17, 15) is 5.11 Å². The van der Waals surface area contributed by atoms with Gasteiger partial charge in [0.05, 0.1) is 6.61 Å². The lowest BCUT2D eigenvalue weighted by Gasteiger charge is -2.23. The molecule has 0 saturated heterocycles. The third-order valence-electron chi connectivity index (χ3n) is 3.01. The van der Waals surface area contributed by atoms with Crippen LogP contribution in [-0.4, -0.2) is 51.5 Å². The van der Waals surface area contributed by atoms with Crippen LogP contribution in [0.3, 0.4) is 0 Å². The second-order valence-corrected chi connectivity index (χ2v) is 4.69. The van der Waals surface area contributed by atoms with Crippen LogP contribution < -0.4 is 4.90 Å². The van der Waals surface area contributed by atoms with Gasteiger partial charge in [-0.05, 0) is 25.5 Å². The van der Waals surface area contributed by atoms with Crippen LogP contribution in [0.4, 0.5) is 5.82 Å². The highest BCUT2D eigenvalue weighted by Crippen LogP contribution is 2.18. The zero-order valence-electron chi connectivity index (χ0n) is 12.1. The van der Waals surface area contributed by atoms with Crippen LogP contribution in [0.1, 0.15) is 12.1 Å². The van der Waals surface area contributed by atoms with Gasteiger partial charge in [-0.2, -0.15) is 0 Å². The Kier molecular flexibility index (Phi) is 5.59. The Hall–Kier alpha value is -2.05. The number of aliphatic hydroxyl groups excluding tert-OH is 2. The Morgan fingerprint density at radius 2 is 1.95 bits per heavy atom. The maximum absolute atomic E-state index is 9.19. The third-order valence-corrected chi connectivity index (χ3v) is 3.01. The SMILES string of the molecule is Cc1cc(N(CCO)CCCO)nc(-c2ccccn2)n1. The fourth-order valence-corrected chi connectivity index (χ4v) is 2.05. The van der Waals surface area contributed by atoms with Crippen LogP contribution in [0, 0.1) is 6.92 Å². The minimum atomic E-state index is 0.0351. The first-order valence-corrected chi connectivity index (χ1v) is 6.98. The molecule has 0 radical (unpaired) electrons. The van der Waals surface area contributed by atoms with Crippen LogP contribution in [0.5, 0.6) is 0 Å². The van der Waals surface area contributed by atoms with Crippen molar-refractivity contribution < 1.29 is 10.2 Å². The fourth-order valence-electron chi connectivity index (χ4n) is 2.05. The predicted molar refractivity (Wildman–Crippen MR) is 81.0 cm³/mol. The van der Waals surface area contributed by atoms with Crippen molar-refractivity contribution in [2.75, 3.05) is 31.2 Å². The summed E-state index contributed by atoms with van der Waals surface area (Å²) in [5, 5.41) is 18.2. The van der Waals surface area contributed by atoms with E-state index in [0.29, 0.717) is 31.0 Å². The van der Waals surface area contributed by atoms with E-state index in [1.54, 1.807) is 6.20 Å². The Labute approximate surface area is 124 Å². The zero-order valence-corrected chi connectivity index (χ0v) is 12.1. The first-order valence-electron chi connectivity index (χ1n) is 6.98. The van der Waals surface area contributed by atoms with E-state index < -0.39 is 0 Å². The quantitative estimate of drug-likeness (QED) is 0.792. The highest BCUT2D eigenvalue weighted by atomic mass is 16.3. The van der Waals surface area contributed by atoms with Gasteiger partial charge < -0.3 is 15.1 Å². The molecule has 0 unspecified atom stereocenters. The second-order valence-electron chi connectivity index (χ2n) is 4.69. The third kappa shape index (κ3) is 4.21. The number of anilines is 1. The number of aliphatic hydroxyl groups is 2. The van der Waals surface area contributed by atoms with Gasteiger partial charge in [0.1, 0.15) is 11.5 Å². The summed E-state index contributed by atoms with van der Waals surface area (Å²) in [5.41, 5.74) is 1.56. The lowest BCUT2D eigenvalue weighted by atomic mass is 10.3. The first-order chi connectivity index (χ1) is 10.2. The summed E-state index contributed by atoms with van der Waals surface area (Å²) in [6.45, 7) is 3.15. The number of aromatic nitrogens is 3. The molecule has 0 spiro atoms. The molecule has 0 aliphatic rings. The van der Waals surface area contributed by atoms with Gasteiger partial charge in [0, 0.05) is 37.7 Å². The molecule has 0 fully saturated rings. The summed E-state index contributed by atoms with van der Waals surface area (Å²) in [6, 6.07) is 7.48. The van der Waals surface area contributed by atoms with Gasteiger partial charge in [-0.3, -0.25) is 4.98 Å². The van der Waals surface area contributed by atoms with Crippen LogP contribution in [0.25, 0.3) is 11.5 Å². The summed E-state index contributed by atoms with van der Waals surface area (Å²) >= 11 is 0. The average Bonchev–Trinajstić information content (AvgIpc) is 2.51. The van der Waals surface area contributed by atoms with E-state index in [2.05, 4.69) is 15.0 Å². The van der Waals surface area contributed by atoms with Gasteiger partial charge in [0.15, 0.2) is 5.82 Å². The lowest BCUT2D eigenvalue weighted by Crippen LogP contribution is -2.29. The summed E-state index contributed by atoms with van der Waals surface area (Å²) < 4.78 is 0. The Bertz CT molecular complexity index is 563. The normalized spacial score (nSPS) is 10.6.